The van der Waals surface area contributed by atoms with E-state index in [-0.39, 0.29) is 36.2 Å². The second kappa shape index (κ2) is 17.8. The van der Waals surface area contributed by atoms with Gasteiger partial charge in [-0.05, 0) is 91.2 Å². The van der Waals surface area contributed by atoms with E-state index in [0.717, 1.165) is 42.7 Å². The molecule has 65 heavy (non-hydrogen) atoms. The van der Waals surface area contributed by atoms with Gasteiger partial charge in [0, 0.05) is 29.2 Å². The standard InChI is InChI=1S/C45H56F3N7O8S2/c1-42(2,3)63-41(59)51-31-18-12-7-5-6-11-16-27-23-44(27,40(58)54-65(60,61)43(4)20-21-43)53-36(56)33-22-28(24-55(33)39(31)57)62-37-35(45(46,47)48)52-34-29(17-13-19-30(34)49-37)38-50-32(25-64-38)26-14-9-8-10-15-26/h11,13,16-17,19,25-28,31,33H,5-10,12,14-15,18,20-24H2,1-4H3,(H,51,59)(H,53,56)(H,54,58)/b16-11-/t27-,28-,31+,33+,44-/m1/s1. The topological polar surface area (TPSA) is 199 Å². The number of amides is 4. The Balaban J connectivity index is 1.12. The number of carbonyl (C=O) groups is 4. The van der Waals surface area contributed by atoms with E-state index >= 15 is 13.2 Å². The molecule has 4 heterocycles. The molecular formula is C45H56F3N7O8S2. The Bertz CT molecular complexity index is 2480. The van der Waals surface area contributed by atoms with Crippen LogP contribution in [0, 0.1) is 5.92 Å². The van der Waals surface area contributed by atoms with Gasteiger partial charge in [0.05, 0.1) is 28.0 Å². The highest BCUT2D eigenvalue weighted by Crippen LogP contribution is 2.48. The molecule has 0 radical (unpaired) electrons. The van der Waals surface area contributed by atoms with Gasteiger partial charge in [0.25, 0.3) is 5.91 Å². The lowest BCUT2D eigenvalue weighted by molar-refractivity contribution is -0.143. The summed E-state index contributed by atoms with van der Waals surface area (Å²) in [4.78, 5) is 70.6. The zero-order valence-corrected chi connectivity index (χ0v) is 38.6. The molecule has 4 fully saturated rings. The monoisotopic (exact) mass is 943 g/mol. The van der Waals surface area contributed by atoms with Crippen LogP contribution in [0.25, 0.3) is 21.6 Å². The van der Waals surface area contributed by atoms with Crippen LogP contribution >= 0.6 is 11.3 Å². The number of para-hydroxylation sites is 1. The molecule has 2 aromatic heterocycles. The number of rotatable bonds is 8. The number of thiazole rings is 1. The van der Waals surface area contributed by atoms with E-state index in [1.807, 2.05) is 11.5 Å². The normalized spacial score (nSPS) is 27.0. The number of benzene rings is 1. The molecule has 352 valence electrons. The van der Waals surface area contributed by atoms with Crippen molar-refractivity contribution in [1.29, 1.82) is 0 Å². The van der Waals surface area contributed by atoms with Crippen molar-refractivity contribution in [2.75, 3.05) is 6.54 Å². The van der Waals surface area contributed by atoms with E-state index in [2.05, 4.69) is 25.3 Å². The number of nitrogens with one attached hydrogen (secondary N) is 3. The minimum Gasteiger partial charge on any atom is -0.471 e. The minimum atomic E-state index is -5.04. The van der Waals surface area contributed by atoms with Crippen LogP contribution in [-0.4, -0.2) is 92.7 Å². The summed E-state index contributed by atoms with van der Waals surface area (Å²) in [5.74, 6) is -3.63. The average molecular weight is 944 g/mol. The summed E-state index contributed by atoms with van der Waals surface area (Å²) < 4.78 is 84.1. The van der Waals surface area contributed by atoms with Crippen molar-refractivity contribution < 1.29 is 50.2 Å². The number of hydrogen-bond donors (Lipinski definition) is 3. The quantitative estimate of drug-likeness (QED) is 0.190. The smallest absolute Gasteiger partial charge is 0.438 e. The molecule has 1 aromatic carbocycles. The molecule has 2 aliphatic heterocycles. The number of halogens is 3. The van der Waals surface area contributed by atoms with Crippen molar-refractivity contribution in [2.45, 2.75) is 164 Å². The largest absolute Gasteiger partial charge is 0.471 e. The first-order valence-electron chi connectivity index (χ1n) is 22.5. The van der Waals surface area contributed by atoms with Gasteiger partial charge in [-0.2, -0.15) is 13.2 Å². The van der Waals surface area contributed by atoms with Gasteiger partial charge < -0.3 is 25.0 Å². The van der Waals surface area contributed by atoms with Gasteiger partial charge in [-0.15, -0.1) is 11.3 Å². The highest BCUT2D eigenvalue weighted by atomic mass is 32.2. The Morgan fingerprint density at radius 1 is 0.985 bits per heavy atom. The van der Waals surface area contributed by atoms with E-state index in [0.29, 0.717) is 49.1 Å². The van der Waals surface area contributed by atoms with Crippen molar-refractivity contribution in [3.05, 3.63) is 47.1 Å². The fraction of sp³-hybridized carbons (Fsp3) is 0.622. The van der Waals surface area contributed by atoms with Gasteiger partial charge in [0.2, 0.25) is 33.4 Å². The van der Waals surface area contributed by atoms with Crippen LogP contribution in [0.1, 0.15) is 135 Å². The number of allylic oxidation sites excluding steroid dienone is 1. The minimum absolute atomic E-state index is 0.0178. The third-order valence-corrected chi connectivity index (χ3v) is 16.2. The molecule has 3 aromatic rings. The number of carbonyl (C=O) groups excluding carboxylic acids is 4. The fourth-order valence-corrected chi connectivity index (χ4v) is 11.3. The highest BCUT2D eigenvalue weighted by molar-refractivity contribution is 7.91. The first-order chi connectivity index (χ1) is 30.7. The number of sulfonamides is 1. The zero-order chi connectivity index (χ0) is 46.5. The van der Waals surface area contributed by atoms with Crippen LogP contribution in [0.2, 0.25) is 0 Å². The van der Waals surface area contributed by atoms with Crippen LogP contribution in [-0.2, 0) is 35.3 Å². The predicted molar refractivity (Wildman–Crippen MR) is 235 cm³/mol. The lowest BCUT2D eigenvalue weighted by atomic mass is 9.87. The summed E-state index contributed by atoms with van der Waals surface area (Å²) in [5, 5.41) is 7.87. The van der Waals surface area contributed by atoms with E-state index in [4.69, 9.17) is 14.5 Å². The van der Waals surface area contributed by atoms with Crippen LogP contribution in [0.4, 0.5) is 18.0 Å². The van der Waals surface area contributed by atoms with Gasteiger partial charge in [-0.25, -0.2) is 28.2 Å². The van der Waals surface area contributed by atoms with Gasteiger partial charge in [0.1, 0.15) is 34.3 Å². The molecule has 0 spiro atoms. The van der Waals surface area contributed by atoms with E-state index in [1.54, 1.807) is 39.0 Å². The predicted octanol–water partition coefficient (Wildman–Crippen LogP) is 7.46. The summed E-state index contributed by atoms with van der Waals surface area (Å²) in [5.41, 5.74) is -2.61. The summed E-state index contributed by atoms with van der Waals surface area (Å²) in [6.45, 7) is 6.10. The van der Waals surface area contributed by atoms with Gasteiger partial charge >= 0.3 is 12.3 Å². The number of fused-ring (bicyclic) bond motifs is 3. The summed E-state index contributed by atoms with van der Waals surface area (Å²) in [7, 11) is -4.11. The average Bonchev–Trinajstić information content (AvgIpc) is 4.01. The molecule has 20 heteroatoms. The molecule has 0 bridgehead atoms. The van der Waals surface area contributed by atoms with Crippen molar-refractivity contribution in [2.24, 2.45) is 5.92 Å². The zero-order valence-electron chi connectivity index (χ0n) is 37.0. The third-order valence-electron chi connectivity index (χ3n) is 13.2. The van der Waals surface area contributed by atoms with Crippen LogP contribution in [0.15, 0.2) is 35.7 Å². The van der Waals surface area contributed by atoms with Gasteiger partial charge in [0.15, 0.2) is 0 Å². The molecule has 1 saturated heterocycles. The number of ether oxygens (including phenoxy) is 2. The molecule has 4 amide bonds. The number of nitrogens with zero attached hydrogens (tertiary/aromatic N) is 4. The number of hydrogen-bond acceptors (Lipinski definition) is 12. The van der Waals surface area contributed by atoms with E-state index in [1.165, 1.54) is 24.3 Å². The number of alkyl carbamates (subject to hydrolysis) is 1. The Hall–Kier alpha value is -4.85. The Morgan fingerprint density at radius 2 is 1.71 bits per heavy atom. The first-order valence-corrected chi connectivity index (χ1v) is 24.9. The molecule has 3 N–H and O–H groups in total. The lowest BCUT2D eigenvalue weighted by Crippen LogP contribution is -2.58. The fourth-order valence-electron chi connectivity index (χ4n) is 9.05. The van der Waals surface area contributed by atoms with Crippen molar-refractivity contribution in [3.63, 3.8) is 0 Å². The van der Waals surface area contributed by atoms with Crippen LogP contribution in [0.5, 0.6) is 5.88 Å². The second-order valence-electron chi connectivity index (χ2n) is 19.4. The maximum absolute atomic E-state index is 15.0. The van der Waals surface area contributed by atoms with Gasteiger partial charge in [-0.1, -0.05) is 50.3 Å². The Morgan fingerprint density at radius 3 is 2.42 bits per heavy atom. The highest BCUT2D eigenvalue weighted by Gasteiger charge is 2.63. The molecular weight excluding hydrogens is 888 g/mol. The Labute approximate surface area is 380 Å². The molecule has 5 aliphatic rings. The number of aromatic nitrogens is 3. The maximum atomic E-state index is 15.0. The summed E-state index contributed by atoms with van der Waals surface area (Å²) in [6.07, 6.45) is 4.89. The molecule has 8 rings (SSSR count). The SMILES string of the molecule is CC(C)(C)OC(=O)N[C@H]1CCCCC/C=C\[C@@H]2C[C@@]2(C(=O)NS(=O)(=O)C2(C)CC2)NC(=O)[C@@H]2C[C@@H](Oc3nc4cccc(-c5nc(C6CCCCC6)cs5)c4nc3C(F)(F)F)CN2C1=O. The molecule has 3 aliphatic carbocycles. The van der Waals surface area contributed by atoms with Crippen molar-refractivity contribution in [3.8, 4) is 16.5 Å². The third kappa shape index (κ3) is 10.1. The lowest BCUT2D eigenvalue weighted by Gasteiger charge is -2.30. The van der Waals surface area contributed by atoms with Crippen molar-refractivity contribution in [1.82, 2.24) is 35.2 Å². The summed E-state index contributed by atoms with van der Waals surface area (Å²) in [6, 6.07) is 2.20. The van der Waals surface area contributed by atoms with Crippen LogP contribution < -0.4 is 20.1 Å². The van der Waals surface area contributed by atoms with Gasteiger partial charge in [-0.3, -0.25) is 19.1 Å². The van der Waals surface area contributed by atoms with Crippen molar-refractivity contribution >= 4 is 56.2 Å². The molecule has 0 unspecified atom stereocenters. The summed E-state index contributed by atoms with van der Waals surface area (Å²) >= 11 is 1.34. The Kier molecular flexibility index (Phi) is 12.7. The molecule has 3 saturated carbocycles. The number of alkyl halides is 3. The maximum Gasteiger partial charge on any atom is 0.438 e. The molecule has 5 atom stereocenters. The van der Waals surface area contributed by atoms with E-state index in [9.17, 15) is 27.6 Å². The van der Waals surface area contributed by atoms with E-state index < -0.39 is 98.1 Å². The second-order valence-corrected chi connectivity index (χ2v) is 22.4. The first kappa shape index (κ1) is 46.7. The van der Waals surface area contributed by atoms with Crippen LogP contribution in [0.3, 0.4) is 0 Å². The molecule has 15 nitrogen and oxygen atoms in total.